The first-order chi connectivity index (χ1) is 12.7. The average molecular weight is 382 g/mol. The van der Waals surface area contributed by atoms with Crippen molar-refractivity contribution in [1.82, 2.24) is 15.0 Å². The molecule has 6 nitrogen and oxygen atoms in total. The molecule has 1 amide bonds. The van der Waals surface area contributed by atoms with Gasteiger partial charge in [0.25, 0.3) is 0 Å². The summed E-state index contributed by atoms with van der Waals surface area (Å²) in [5, 5.41) is 6.17. The van der Waals surface area contributed by atoms with Crippen LogP contribution in [0, 0.1) is 0 Å². The molecule has 1 N–H and O–H groups in total. The summed E-state index contributed by atoms with van der Waals surface area (Å²) in [6.07, 6.45) is 3.69. The van der Waals surface area contributed by atoms with Crippen molar-refractivity contribution in [3.05, 3.63) is 53.8 Å². The summed E-state index contributed by atoms with van der Waals surface area (Å²) in [7, 11) is 1.62. The molecule has 0 aliphatic carbocycles. The molecule has 0 radical (unpaired) electrons. The number of rotatable bonds is 5. The minimum Gasteiger partial charge on any atom is -0.497 e. The van der Waals surface area contributed by atoms with Crippen LogP contribution in [0.1, 0.15) is 5.69 Å². The van der Waals surface area contributed by atoms with E-state index in [9.17, 15) is 4.79 Å². The predicted molar refractivity (Wildman–Crippen MR) is 104 cm³/mol. The highest BCUT2D eigenvalue weighted by molar-refractivity contribution is 7.22. The Hall–Kier alpha value is -2.84. The minimum atomic E-state index is -0.140. The number of anilines is 1. The molecule has 0 unspecified atom stereocenters. The number of aromatic nitrogens is 3. The van der Waals surface area contributed by atoms with Crippen LogP contribution in [0.2, 0.25) is 0 Å². The summed E-state index contributed by atoms with van der Waals surface area (Å²) in [5.74, 6) is 0.628. The summed E-state index contributed by atoms with van der Waals surface area (Å²) in [6.45, 7) is 0. The number of thiazole rings is 2. The van der Waals surface area contributed by atoms with E-state index in [-0.39, 0.29) is 12.3 Å². The van der Waals surface area contributed by atoms with E-state index in [0.717, 1.165) is 32.2 Å². The molecule has 0 bridgehead atoms. The zero-order valence-electron chi connectivity index (χ0n) is 13.8. The lowest BCUT2D eigenvalue weighted by Crippen LogP contribution is -2.14. The van der Waals surface area contributed by atoms with Gasteiger partial charge in [-0.1, -0.05) is 11.3 Å². The largest absolute Gasteiger partial charge is 0.497 e. The number of nitrogens with one attached hydrogen (secondary N) is 1. The van der Waals surface area contributed by atoms with Crippen molar-refractivity contribution < 1.29 is 9.53 Å². The molecule has 3 heterocycles. The van der Waals surface area contributed by atoms with Crippen molar-refractivity contribution in [2.24, 2.45) is 0 Å². The number of ether oxygens (including phenoxy) is 1. The number of hydrogen-bond acceptors (Lipinski definition) is 7. The van der Waals surface area contributed by atoms with E-state index in [4.69, 9.17) is 4.74 Å². The van der Waals surface area contributed by atoms with Gasteiger partial charge in [-0.25, -0.2) is 9.97 Å². The van der Waals surface area contributed by atoms with Crippen LogP contribution in [0.25, 0.3) is 20.8 Å². The smallest absolute Gasteiger partial charge is 0.232 e. The lowest BCUT2D eigenvalue weighted by molar-refractivity contribution is -0.115. The van der Waals surface area contributed by atoms with Crippen molar-refractivity contribution in [2.45, 2.75) is 6.42 Å². The molecule has 1 aromatic carbocycles. The minimum absolute atomic E-state index is 0.140. The number of carbonyl (C=O) groups is 1. The SMILES string of the molecule is COc1ccc2nc(NC(=O)Cc3csc(-c4cccnc4)n3)sc2c1. The van der Waals surface area contributed by atoms with Crippen molar-refractivity contribution in [3.63, 3.8) is 0 Å². The summed E-state index contributed by atoms with van der Waals surface area (Å²) >= 11 is 2.92. The van der Waals surface area contributed by atoms with Crippen LogP contribution < -0.4 is 10.1 Å². The van der Waals surface area contributed by atoms with E-state index in [2.05, 4.69) is 20.3 Å². The third-order valence-electron chi connectivity index (χ3n) is 3.64. The van der Waals surface area contributed by atoms with Gasteiger partial charge >= 0.3 is 0 Å². The lowest BCUT2D eigenvalue weighted by atomic mass is 10.3. The van der Waals surface area contributed by atoms with E-state index >= 15 is 0 Å². The molecule has 8 heteroatoms. The fraction of sp³-hybridized carbons (Fsp3) is 0.111. The fourth-order valence-corrected chi connectivity index (χ4v) is 4.14. The van der Waals surface area contributed by atoms with Crippen molar-refractivity contribution in [1.29, 1.82) is 0 Å². The van der Waals surface area contributed by atoms with Gasteiger partial charge in [-0.05, 0) is 30.3 Å². The second-order valence-electron chi connectivity index (χ2n) is 5.46. The van der Waals surface area contributed by atoms with Gasteiger partial charge in [0, 0.05) is 23.3 Å². The number of methoxy groups -OCH3 is 1. The van der Waals surface area contributed by atoms with E-state index in [0.29, 0.717) is 5.13 Å². The maximum atomic E-state index is 12.3. The summed E-state index contributed by atoms with van der Waals surface area (Å²) in [6, 6.07) is 9.45. The zero-order valence-corrected chi connectivity index (χ0v) is 15.4. The van der Waals surface area contributed by atoms with Crippen LogP contribution in [-0.4, -0.2) is 28.0 Å². The van der Waals surface area contributed by atoms with Crippen LogP contribution in [0.15, 0.2) is 48.1 Å². The molecule has 0 saturated carbocycles. The Morgan fingerprint density at radius 2 is 2.19 bits per heavy atom. The number of carbonyl (C=O) groups excluding carboxylic acids is 1. The highest BCUT2D eigenvalue weighted by Crippen LogP contribution is 2.29. The quantitative estimate of drug-likeness (QED) is 0.564. The van der Waals surface area contributed by atoms with Crippen LogP contribution in [0.4, 0.5) is 5.13 Å². The summed E-state index contributed by atoms with van der Waals surface area (Å²) in [4.78, 5) is 25.3. The van der Waals surface area contributed by atoms with Gasteiger partial charge in [0.15, 0.2) is 5.13 Å². The van der Waals surface area contributed by atoms with Gasteiger partial charge in [0.05, 0.1) is 29.4 Å². The Kier molecular flexibility index (Phi) is 4.59. The second-order valence-corrected chi connectivity index (χ2v) is 7.35. The predicted octanol–water partition coefficient (Wildman–Crippen LogP) is 4.00. The Morgan fingerprint density at radius 3 is 3.00 bits per heavy atom. The first-order valence-electron chi connectivity index (χ1n) is 7.80. The molecule has 0 atom stereocenters. The first-order valence-corrected chi connectivity index (χ1v) is 9.50. The Labute approximate surface area is 157 Å². The first kappa shape index (κ1) is 16.6. The number of benzene rings is 1. The molecule has 0 saturated heterocycles. The second kappa shape index (κ2) is 7.19. The zero-order chi connectivity index (χ0) is 17.9. The maximum absolute atomic E-state index is 12.3. The highest BCUT2D eigenvalue weighted by atomic mass is 32.1. The van der Waals surface area contributed by atoms with E-state index in [1.54, 1.807) is 19.5 Å². The number of fused-ring (bicyclic) bond motifs is 1. The van der Waals surface area contributed by atoms with Crippen LogP contribution in [0.3, 0.4) is 0 Å². The molecular formula is C18H14N4O2S2. The number of pyridine rings is 1. The van der Waals surface area contributed by atoms with Crippen molar-refractivity contribution in [3.8, 4) is 16.3 Å². The molecule has 0 spiro atoms. The van der Waals surface area contributed by atoms with Crippen LogP contribution in [0.5, 0.6) is 5.75 Å². The normalized spacial score (nSPS) is 10.8. The highest BCUT2D eigenvalue weighted by Gasteiger charge is 2.12. The maximum Gasteiger partial charge on any atom is 0.232 e. The lowest BCUT2D eigenvalue weighted by Gasteiger charge is -1.98. The summed E-state index contributed by atoms with van der Waals surface area (Å²) < 4.78 is 6.18. The van der Waals surface area contributed by atoms with E-state index < -0.39 is 0 Å². The van der Waals surface area contributed by atoms with Gasteiger partial charge in [-0.3, -0.25) is 9.78 Å². The molecule has 130 valence electrons. The van der Waals surface area contributed by atoms with Crippen LogP contribution >= 0.6 is 22.7 Å². The number of hydrogen-bond donors (Lipinski definition) is 1. The third kappa shape index (κ3) is 3.56. The van der Waals surface area contributed by atoms with Gasteiger partial charge < -0.3 is 10.1 Å². The van der Waals surface area contributed by atoms with Gasteiger partial charge in [-0.15, -0.1) is 11.3 Å². The molecule has 4 rings (SSSR count). The van der Waals surface area contributed by atoms with Crippen molar-refractivity contribution >= 4 is 43.9 Å². The molecule has 3 aromatic heterocycles. The third-order valence-corrected chi connectivity index (χ3v) is 5.52. The topological polar surface area (TPSA) is 77.0 Å². The number of amides is 1. The molecule has 0 aliphatic rings. The van der Waals surface area contributed by atoms with E-state index in [1.807, 2.05) is 35.7 Å². The molecule has 4 aromatic rings. The molecule has 0 fully saturated rings. The Balaban J connectivity index is 1.45. The van der Waals surface area contributed by atoms with Gasteiger partial charge in [0.1, 0.15) is 10.8 Å². The van der Waals surface area contributed by atoms with Gasteiger partial charge in [0.2, 0.25) is 5.91 Å². The standard InChI is InChI=1S/C18H14N4O2S2/c1-24-13-4-5-14-15(8-13)26-18(21-14)22-16(23)7-12-10-25-17(20-12)11-3-2-6-19-9-11/h2-6,8-10H,7H2,1H3,(H,21,22,23). The van der Waals surface area contributed by atoms with Gasteiger partial charge in [-0.2, -0.15) is 0 Å². The van der Waals surface area contributed by atoms with Crippen LogP contribution in [-0.2, 0) is 11.2 Å². The monoisotopic (exact) mass is 382 g/mol. The molecule has 26 heavy (non-hydrogen) atoms. The summed E-state index contributed by atoms with van der Waals surface area (Å²) in [5.41, 5.74) is 2.51. The van der Waals surface area contributed by atoms with E-state index in [1.165, 1.54) is 22.7 Å². The Morgan fingerprint density at radius 1 is 1.27 bits per heavy atom. The molecular weight excluding hydrogens is 368 g/mol. The molecule has 0 aliphatic heterocycles. The fourth-order valence-electron chi connectivity index (χ4n) is 2.42. The van der Waals surface area contributed by atoms with Crippen molar-refractivity contribution in [2.75, 3.05) is 12.4 Å². The average Bonchev–Trinajstić information content (AvgIpc) is 3.28. The number of nitrogens with zero attached hydrogens (tertiary/aromatic N) is 3. The Bertz CT molecular complexity index is 1060.